The van der Waals surface area contributed by atoms with E-state index in [9.17, 15) is 9.59 Å². The van der Waals surface area contributed by atoms with E-state index < -0.39 is 0 Å². The van der Waals surface area contributed by atoms with Crippen LogP contribution in [-0.2, 0) is 9.59 Å². The summed E-state index contributed by atoms with van der Waals surface area (Å²) in [7, 11) is 0. The van der Waals surface area contributed by atoms with Crippen molar-refractivity contribution < 1.29 is 14.3 Å². The van der Waals surface area contributed by atoms with Crippen molar-refractivity contribution in [3.63, 3.8) is 0 Å². The first-order chi connectivity index (χ1) is 12.2. The van der Waals surface area contributed by atoms with Crippen LogP contribution in [0.25, 0.3) is 0 Å². The lowest BCUT2D eigenvalue weighted by atomic mass is 10.0. The lowest BCUT2D eigenvalue weighted by molar-refractivity contribution is -0.135. The molecule has 0 saturated carbocycles. The Morgan fingerprint density at radius 3 is 2.42 bits per heavy atom. The molecule has 0 spiro atoms. The molecular weight excluding hydrogens is 330 g/mol. The third-order valence-corrected chi connectivity index (χ3v) is 4.49. The first kappa shape index (κ1) is 20.1. The zero-order valence-electron chi connectivity index (χ0n) is 16.5. The van der Waals surface area contributed by atoms with Crippen LogP contribution in [0.4, 0.5) is 0 Å². The number of rotatable bonds is 6. The lowest BCUT2D eigenvalue weighted by Crippen LogP contribution is -2.44. The minimum atomic E-state index is -0.378. The van der Waals surface area contributed by atoms with Crippen molar-refractivity contribution in [3.8, 4) is 5.75 Å². The molecule has 6 nitrogen and oxygen atoms in total. The summed E-state index contributed by atoms with van der Waals surface area (Å²) in [6.45, 7) is 11.9. The number of ether oxygens (including phenoxy) is 1. The zero-order chi connectivity index (χ0) is 19.4. The molecule has 1 amide bonds. The summed E-state index contributed by atoms with van der Waals surface area (Å²) < 4.78 is 5.34. The molecular formula is C20H29N3O3. The van der Waals surface area contributed by atoms with E-state index >= 15 is 0 Å². The van der Waals surface area contributed by atoms with Crippen LogP contribution < -0.4 is 4.74 Å². The van der Waals surface area contributed by atoms with Gasteiger partial charge in [0.1, 0.15) is 5.75 Å². The van der Waals surface area contributed by atoms with Crippen molar-refractivity contribution in [2.45, 2.75) is 66.1 Å². The van der Waals surface area contributed by atoms with Crippen LogP contribution in [-0.4, -0.2) is 46.1 Å². The van der Waals surface area contributed by atoms with E-state index in [0.717, 1.165) is 11.3 Å². The minimum absolute atomic E-state index is 0.0492. The smallest absolute Gasteiger partial charge is 0.308 e. The van der Waals surface area contributed by atoms with E-state index in [0.29, 0.717) is 18.7 Å². The molecule has 0 bridgehead atoms. The summed E-state index contributed by atoms with van der Waals surface area (Å²) in [5.41, 5.74) is 1.69. The number of hydrazone groups is 1. The van der Waals surface area contributed by atoms with E-state index in [4.69, 9.17) is 4.74 Å². The van der Waals surface area contributed by atoms with Gasteiger partial charge in [-0.3, -0.25) is 14.5 Å². The fourth-order valence-corrected chi connectivity index (χ4v) is 3.33. The second kappa shape index (κ2) is 8.45. The van der Waals surface area contributed by atoms with Crippen LogP contribution in [0.1, 0.15) is 59.6 Å². The van der Waals surface area contributed by atoms with Gasteiger partial charge in [-0.05, 0) is 40.7 Å². The summed E-state index contributed by atoms with van der Waals surface area (Å²) in [6.07, 6.45) is 0.632. The van der Waals surface area contributed by atoms with Gasteiger partial charge in [-0.15, -0.1) is 0 Å². The molecule has 0 aromatic heterocycles. The molecule has 142 valence electrons. The van der Waals surface area contributed by atoms with Gasteiger partial charge in [-0.25, -0.2) is 5.01 Å². The Labute approximate surface area is 155 Å². The summed E-state index contributed by atoms with van der Waals surface area (Å²) in [6, 6.07) is 7.61. The first-order valence-corrected chi connectivity index (χ1v) is 9.10. The number of carbonyl (C=O) groups excluding carboxylic acids is 2. The number of benzene rings is 1. The van der Waals surface area contributed by atoms with E-state index in [-0.39, 0.29) is 30.0 Å². The van der Waals surface area contributed by atoms with Crippen molar-refractivity contribution in [2.24, 2.45) is 5.10 Å². The highest BCUT2D eigenvalue weighted by atomic mass is 16.5. The van der Waals surface area contributed by atoms with Crippen LogP contribution in [0.3, 0.4) is 0 Å². The molecule has 1 heterocycles. The zero-order valence-corrected chi connectivity index (χ0v) is 16.5. The quantitative estimate of drug-likeness (QED) is 0.577. The largest absolute Gasteiger partial charge is 0.426 e. The highest BCUT2D eigenvalue weighted by molar-refractivity contribution is 5.89. The molecule has 2 rings (SSSR count). The van der Waals surface area contributed by atoms with Crippen LogP contribution in [0.2, 0.25) is 0 Å². The van der Waals surface area contributed by atoms with E-state index in [2.05, 4.69) is 37.7 Å². The van der Waals surface area contributed by atoms with E-state index in [1.165, 1.54) is 6.92 Å². The maximum atomic E-state index is 13.0. The van der Waals surface area contributed by atoms with Gasteiger partial charge in [0.25, 0.3) is 5.91 Å². The summed E-state index contributed by atoms with van der Waals surface area (Å²) in [5.74, 6) is 0.0564. The summed E-state index contributed by atoms with van der Waals surface area (Å²) in [4.78, 5) is 26.6. The predicted octanol–water partition coefficient (Wildman–Crippen LogP) is 3.38. The van der Waals surface area contributed by atoms with Gasteiger partial charge in [0.15, 0.2) is 0 Å². The van der Waals surface area contributed by atoms with Gasteiger partial charge in [-0.1, -0.05) is 18.2 Å². The van der Waals surface area contributed by atoms with Crippen LogP contribution in [0.5, 0.6) is 5.75 Å². The molecule has 0 saturated heterocycles. The van der Waals surface area contributed by atoms with Crippen molar-refractivity contribution in [1.29, 1.82) is 0 Å². The van der Waals surface area contributed by atoms with Crippen molar-refractivity contribution in [3.05, 3.63) is 29.8 Å². The molecule has 0 radical (unpaired) electrons. The highest BCUT2D eigenvalue weighted by Gasteiger charge is 2.34. The second-order valence-electron chi connectivity index (χ2n) is 7.28. The molecule has 1 unspecified atom stereocenters. The summed E-state index contributed by atoms with van der Waals surface area (Å²) in [5, 5.41) is 6.02. The maximum Gasteiger partial charge on any atom is 0.308 e. The van der Waals surface area contributed by atoms with Crippen molar-refractivity contribution in [2.75, 3.05) is 6.54 Å². The lowest BCUT2D eigenvalue weighted by Gasteiger charge is -2.32. The van der Waals surface area contributed by atoms with Crippen molar-refractivity contribution in [1.82, 2.24) is 9.91 Å². The first-order valence-electron chi connectivity index (χ1n) is 9.10. The number of esters is 1. The van der Waals surface area contributed by atoms with E-state index in [1.807, 2.05) is 25.1 Å². The van der Waals surface area contributed by atoms with Gasteiger partial charge in [0.05, 0.1) is 12.6 Å². The van der Waals surface area contributed by atoms with Crippen LogP contribution >= 0.6 is 0 Å². The second-order valence-corrected chi connectivity index (χ2v) is 7.28. The molecule has 0 aliphatic carbocycles. The number of amides is 1. The minimum Gasteiger partial charge on any atom is -0.426 e. The monoisotopic (exact) mass is 359 g/mol. The Hall–Kier alpha value is -2.21. The third-order valence-electron chi connectivity index (χ3n) is 4.49. The molecule has 1 atom stereocenters. The van der Waals surface area contributed by atoms with Gasteiger partial charge >= 0.3 is 5.97 Å². The molecule has 1 aromatic carbocycles. The fourth-order valence-electron chi connectivity index (χ4n) is 3.33. The normalized spacial score (nSPS) is 17.2. The summed E-state index contributed by atoms with van der Waals surface area (Å²) >= 11 is 0. The maximum absolute atomic E-state index is 13.0. The van der Waals surface area contributed by atoms with Crippen molar-refractivity contribution >= 4 is 17.6 Å². The van der Waals surface area contributed by atoms with E-state index in [1.54, 1.807) is 11.1 Å². The number of nitrogens with zero attached hydrogens (tertiary/aromatic N) is 3. The molecule has 0 N–H and O–H groups in total. The Morgan fingerprint density at radius 2 is 1.85 bits per heavy atom. The average molecular weight is 359 g/mol. The van der Waals surface area contributed by atoms with Crippen LogP contribution in [0.15, 0.2) is 29.4 Å². The molecule has 1 aliphatic heterocycles. The molecule has 1 aromatic rings. The Bertz CT molecular complexity index is 689. The third kappa shape index (κ3) is 4.69. The molecule has 6 heteroatoms. The van der Waals surface area contributed by atoms with Gasteiger partial charge in [0.2, 0.25) is 0 Å². The van der Waals surface area contributed by atoms with Gasteiger partial charge in [-0.2, -0.15) is 5.10 Å². The molecule has 1 aliphatic rings. The highest BCUT2D eigenvalue weighted by Crippen LogP contribution is 2.36. The SMILES string of the molecule is CC(=O)Oc1ccccc1C1CC(C)=NN1C(=O)CN(C(C)C)C(C)C. The number of carbonyl (C=O) groups is 2. The Kier molecular flexibility index (Phi) is 6.53. The van der Waals surface area contributed by atoms with Gasteiger partial charge in [0, 0.05) is 36.7 Å². The number of hydrogen-bond donors (Lipinski definition) is 0. The fraction of sp³-hybridized carbons (Fsp3) is 0.550. The Morgan fingerprint density at radius 1 is 1.23 bits per heavy atom. The topological polar surface area (TPSA) is 62.2 Å². The Balaban J connectivity index is 2.28. The molecule has 0 fully saturated rings. The average Bonchev–Trinajstić information content (AvgIpc) is 2.93. The van der Waals surface area contributed by atoms with Crippen LogP contribution in [0, 0.1) is 0 Å². The standard InChI is InChI=1S/C20H29N3O3/c1-13(2)22(14(3)4)12-20(25)23-18(11-15(5)21-23)17-9-7-8-10-19(17)26-16(6)24/h7-10,13-14,18H,11-12H2,1-6H3. The number of hydrogen-bond acceptors (Lipinski definition) is 5. The number of para-hydroxylation sites is 1. The predicted molar refractivity (Wildman–Crippen MR) is 102 cm³/mol. The molecule has 26 heavy (non-hydrogen) atoms. The van der Waals surface area contributed by atoms with Gasteiger partial charge < -0.3 is 4.74 Å².